The van der Waals surface area contributed by atoms with Crippen molar-refractivity contribution in [2.24, 2.45) is 11.8 Å². The number of hydrogen-bond acceptors (Lipinski definition) is 1. The van der Waals surface area contributed by atoms with Gasteiger partial charge in [0, 0.05) is 11.8 Å². The molecule has 0 N–H and O–H groups in total. The van der Waals surface area contributed by atoms with Crippen molar-refractivity contribution in [3.63, 3.8) is 0 Å². The Hall–Kier alpha value is -2.15. The Bertz CT molecular complexity index is 943. The van der Waals surface area contributed by atoms with Crippen LogP contribution in [0.2, 0.25) is 0 Å². The zero-order valence-electron chi connectivity index (χ0n) is 21.6. The molecule has 1 nitrogen and oxygen atoms in total. The first kappa shape index (κ1) is 25.5. The Kier molecular flexibility index (Phi) is 9.53. The fraction of sp³-hybridized carbons (Fsp3) is 0.531. The summed E-state index contributed by atoms with van der Waals surface area (Å²) in [6, 6.07) is 15.6. The summed E-state index contributed by atoms with van der Waals surface area (Å²) >= 11 is 0. The number of Topliss-reactive ketones (excluding diaryl/α,β-unsaturated/α-hetero) is 1. The van der Waals surface area contributed by atoms with Gasteiger partial charge in [-0.05, 0) is 98.6 Å². The molecule has 3 rings (SSSR count). The van der Waals surface area contributed by atoms with Crippen molar-refractivity contribution in [3.8, 4) is 0 Å². The second kappa shape index (κ2) is 12.4. The molecule has 2 aromatic carbocycles. The standard InChI is InChI=1S/C32H44O/c1-6-8-13-27(11-7-2)32(33)28-19-17-26(18-20-28)30-16-15-24(4)31(22-30)25(5)21-29-14-10-9-12-23(29)3/h9-10,12,14-16,21-22,26-28H,6-8,11,13,17-20H2,1-5H3/b25-21+. The van der Waals surface area contributed by atoms with E-state index in [1.165, 1.54) is 46.2 Å². The van der Waals surface area contributed by atoms with E-state index in [-0.39, 0.29) is 0 Å². The number of aryl methyl sites for hydroxylation is 2. The average Bonchev–Trinajstić information content (AvgIpc) is 2.83. The lowest BCUT2D eigenvalue weighted by atomic mass is 9.73. The normalized spacial score (nSPS) is 20.0. The van der Waals surface area contributed by atoms with Crippen LogP contribution in [0.1, 0.15) is 112 Å². The van der Waals surface area contributed by atoms with Gasteiger partial charge in [0.1, 0.15) is 5.78 Å². The Morgan fingerprint density at radius 1 is 0.939 bits per heavy atom. The van der Waals surface area contributed by atoms with E-state index in [4.69, 9.17) is 0 Å². The highest BCUT2D eigenvalue weighted by Gasteiger charge is 2.30. The van der Waals surface area contributed by atoms with Gasteiger partial charge in [-0.1, -0.05) is 81.7 Å². The number of unbranched alkanes of at least 4 members (excludes halogenated alkanes) is 1. The zero-order chi connectivity index (χ0) is 23.8. The quantitative estimate of drug-likeness (QED) is 0.334. The van der Waals surface area contributed by atoms with Gasteiger partial charge in [0.05, 0.1) is 0 Å². The molecule has 2 aromatic rings. The Labute approximate surface area is 202 Å². The van der Waals surface area contributed by atoms with Crippen LogP contribution in [-0.2, 0) is 4.79 Å². The highest BCUT2D eigenvalue weighted by atomic mass is 16.1. The van der Waals surface area contributed by atoms with Crippen LogP contribution in [0.15, 0.2) is 42.5 Å². The molecule has 0 aliphatic heterocycles. The predicted molar refractivity (Wildman–Crippen MR) is 144 cm³/mol. The van der Waals surface area contributed by atoms with E-state index in [0.717, 1.165) is 44.9 Å². The summed E-state index contributed by atoms with van der Waals surface area (Å²) in [6.07, 6.45) is 12.4. The molecule has 0 aromatic heterocycles. The summed E-state index contributed by atoms with van der Waals surface area (Å²) in [5.41, 5.74) is 8.08. The molecule has 1 saturated carbocycles. The molecule has 0 bridgehead atoms. The lowest BCUT2D eigenvalue weighted by Gasteiger charge is -2.30. The molecule has 0 saturated heterocycles. The van der Waals surface area contributed by atoms with Crippen LogP contribution in [0, 0.1) is 25.7 Å². The van der Waals surface area contributed by atoms with Crippen LogP contribution >= 0.6 is 0 Å². The number of ketones is 1. The average molecular weight is 445 g/mol. The second-order valence-electron chi connectivity index (χ2n) is 10.3. The van der Waals surface area contributed by atoms with Crippen LogP contribution < -0.4 is 0 Å². The summed E-state index contributed by atoms with van der Waals surface area (Å²) in [7, 11) is 0. The van der Waals surface area contributed by atoms with Gasteiger partial charge in [-0.25, -0.2) is 0 Å². The third-order valence-corrected chi connectivity index (χ3v) is 7.79. The summed E-state index contributed by atoms with van der Waals surface area (Å²) < 4.78 is 0. The number of carbonyl (C=O) groups is 1. The van der Waals surface area contributed by atoms with Crippen molar-refractivity contribution < 1.29 is 4.79 Å². The van der Waals surface area contributed by atoms with Gasteiger partial charge in [0.2, 0.25) is 0 Å². The number of hydrogen-bond donors (Lipinski definition) is 0. The van der Waals surface area contributed by atoms with E-state index in [2.05, 4.69) is 83.2 Å². The molecular weight excluding hydrogens is 400 g/mol. The molecule has 1 heteroatoms. The van der Waals surface area contributed by atoms with E-state index in [1.807, 2.05) is 0 Å². The highest BCUT2D eigenvalue weighted by Crippen LogP contribution is 2.39. The monoisotopic (exact) mass is 444 g/mol. The first-order valence-electron chi connectivity index (χ1n) is 13.3. The maximum Gasteiger partial charge on any atom is 0.139 e. The van der Waals surface area contributed by atoms with Crippen LogP contribution in [0.4, 0.5) is 0 Å². The van der Waals surface area contributed by atoms with E-state index >= 15 is 0 Å². The molecule has 1 aliphatic carbocycles. The van der Waals surface area contributed by atoms with Crippen LogP contribution in [0.5, 0.6) is 0 Å². The van der Waals surface area contributed by atoms with Crippen LogP contribution in [0.3, 0.4) is 0 Å². The largest absolute Gasteiger partial charge is 0.299 e. The summed E-state index contributed by atoms with van der Waals surface area (Å²) in [5, 5.41) is 0. The van der Waals surface area contributed by atoms with Gasteiger partial charge in [0.15, 0.2) is 0 Å². The zero-order valence-corrected chi connectivity index (χ0v) is 21.6. The second-order valence-corrected chi connectivity index (χ2v) is 10.3. The van der Waals surface area contributed by atoms with Crippen molar-refractivity contribution in [1.29, 1.82) is 0 Å². The van der Waals surface area contributed by atoms with E-state index < -0.39 is 0 Å². The molecule has 178 valence electrons. The van der Waals surface area contributed by atoms with E-state index in [1.54, 1.807) is 0 Å². The molecule has 1 aliphatic rings. The van der Waals surface area contributed by atoms with Gasteiger partial charge < -0.3 is 0 Å². The predicted octanol–water partition coefficient (Wildman–Crippen LogP) is 9.31. The van der Waals surface area contributed by atoms with Gasteiger partial charge in [-0.3, -0.25) is 4.79 Å². The maximum absolute atomic E-state index is 13.2. The first-order valence-corrected chi connectivity index (χ1v) is 13.3. The van der Waals surface area contributed by atoms with Gasteiger partial charge in [0.25, 0.3) is 0 Å². The molecule has 33 heavy (non-hydrogen) atoms. The topological polar surface area (TPSA) is 17.1 Å². The SMILES string of the molecule is CCCCC(CCC)C(=O)C1CCC(c2ccc(C)c(/C(C)=C/c3ccccc3C)c2)CC1. The molecule has 1 fully saturated rings. The van der Waals surface area contributed by atoms with Crippen molar-refractivity contribution in [2.45, 2.75) is 98.3 Å². The van der Waals surface area contributed by atoms with Gasteiger partial charge in [-0.15, -0.1) is 0 Å². The van der Waals surface area contributed by atoms with E-state index in [9.17, 15) is 4.79 Å². The molecule has 1 atom stereocenters. The number of benzene rings is 2. The van der Waals surface area contributed by atoms with Crippen LogP contribution in [0.25, 0.3) is 11.6 Å². The maximum atomic E-state index is 13.2. The Morgan fingerprint density at radius 2 is 1.67 bits per heavy atom. The Balaban J connectivity index is 1.69. The smallest absolute Gasteiger partial charge is 0.139 e. The third kappa shape index (κ3) is 6.69. The van der Waals surface area contributed by atoms with Crippen molar-refractivity contribution in [1.82, 2.24) is 0 Å². The molecule has 0 amide bonds. The highest BCUT2D eigenvalue weighted by molar-refractivity contribution is 5.84. The number of allylic oxidation sites excluding steroid dienone is 1. The number of carbonyl (C=O) groups excluding carboxylic acids is 1. The minimum atomic E-state index is 0.294. The van der Waals surface area contributed by atoms with E-state index in [0.29, 0.717) is 23.5 Å². The van der Waals surface area contributed by atoms with Crippen molar-refractivity contribution in [2.75, 3.05) is 0 Å². The lowest BCUT2D eigenvalue weighted by Crippen LogP contribution is -2.27. The molecule has 0 spiro atoms. The lowest BCUT2D eigenvalue weighted by molar-refractivity contribution is -0.128. The molecule has 1 unspecified atom stereocenters. The molecular formula is C32H44O. The Morgan fingerprint density at radius 3 is 2.33 bits per heavy atom. The summed E-state index contributed by atoms with van der Waals surface area (Å²) in [5.74, 6) is 1.75. The fourth-order valence-corrected chi connectivity index (χ4v) is 5.65. The number of rotatable bonds is 10. The van der Waals surface area contributed by atoms with Crippen molar-refractivity contribution in [3.05, 3.63) is 70.3 Å². The third-order valence-electron chi connectivity index (χ3n) is 7.79. The first-order chi connectivity index (χ1) is 15.9. The van der Waals surface area contributed by atoms with Crippen LogP contribution in [-0.4, -0.2) is 5.78 Å². The minimum absolute atomic E-state index is 0.294. The van der Waals surface area contributed by atoms with Gasteiger partial charge >= 0.3 is 0 Å². The fourth-order valence-electron chi connectivity index (χ4n) is 5.65. The molecule has 0 heterocycles. The summed E-state index contributed by atoms with van der Waals surface area (Å²) in [4.78, 5) is 13.2. The minimum Gasteiger partial charge on any atom is -0.299 e. The molecule has 0 radical (unpaired) electrons. The van der Waals surface area contributed by atoms with Crippen molar-refractivity contribution >= 4 is 17.4 Å². The van der Waals surface area contributed by atoms with Gasteiger partial charge in [-0.2, -0.15) is 0 Å². The summed E-state index contributed by atoms with van der Waals surface area (Å²) in [6.45, 7) is 11.1.